The summed E-state index contributed by atoms with van der Waals surface area (Å²) in [5.74, 6) is 0. The molecule has 0 aliphatic carbocycles. The van der Waals surface area contributed by atoms with Gasteiger partial charge < -0.3 is 0 Å². The van der Waals surface area contributed by atoms with E-state index in [0.717, 1.165) is 0 Å². The van der Waals surface area contributed by atoms with Crippen LogP contribution in [0.4, 0.5) is 0 Å². The summed E-state index contributed by atoms with van der Waals surface area (Å²) in [6.07, 6.45) is 0. The first-order chi connectivity index (χ1) is 53.5. The van der Waals surface area contributed by atoms with Crippen LogP contribution in [0.5, 0.6) is 0 Å². The van der Waals surface area contributed by atoms with E-state index in [1.165, 1.54) is 198 Å². The fourth-order valence-electron chi connectivity index (χ4n) is 16.3. The number of hydrogen-bond donors (Lipinski definition) is 0. The lowest BCUT2D eigenvalue weighted by molar-refractivity contribution is 1.58. The van der Waals surface area contributed by atoms with Gasteiger partial charge in [-0.05, 0) is 241 Å². The zero-order valence-electron chi connectivity index (χ0n) is 59.6. The van der Waals surface area contributed by atoms with Crippen molar-refractivity contribution >= 4 is 64.6 Å². The van der Waals surface area contributed by atoms with Crippen LogP contribution in [-0.2, 0) is 0 Å². The number of rotatable bonds is 12. The largest absolute Gasteiger partial charge is 0.0622 e. The molecule has 0 radical (unpaired) electrons. The molecular formula is C108H72. The van der Waals surface area contributed by atoms with Crippen molar-refractivity contribution < 1.29 is 0 Å². The summed E-state index contributed by atoms with van der Waals surface area (Å²) in [4.78, 5) is 0. The van der Waals surface area contributed by atoms with Gasteiger partial charge in [0, 0.05) is 0 Å². The van der Waals surface area contributed by atoms with Crippen LogP contribution in [0.2, 0.25) is 0 Å². The molecule has 504 valence electrons. The molecule has 20 aromatic rings. The number of fused-ring (bicyclic) bond motifs is 6. The minimum Gasteiger partial charge on any atom is -0.0622 e. The van der Waals surface area contributed by atoms with Crippen LogP contribution in [0.15, 0.2) is 437 Å². The molecule has 0 bridgehead atoms. The Morgan fingerprint density at radius 3 is 0.491 bits per heavy atom. The molecule has 0 aliphatic heterocycles. The normalized spacial score (nSPS) is 11.3. The molecule has 0 N–H and O–H groups in total. The minimum absolute atomic E-state index is 1.21. The molecule has 108 heavy (non-hydrogen) atoms. The van der Waals surface area contributed by atoms with E-state index in [-0.39, 0.29) is 0 Å². The highest BCUT2D eigenvalue weighted by atomic mass is 14.2. The molecule has 0 heterocycles. The van der Waals surface area contributed by atoms with Gasteiger partial charge in [-0.1, -0.05) is 394 Å². The lowest BCUT2D eigenvalue weighted by Crippen LogP contribution is -1.91. The van der Waals surface area contributed by atoms with Gasteiger partial charge in [0.05, 0.1) is 0 Å². The van der Waals surface area contributed by atoms with Gasteiger partial charge in [0.15, 0.2) is 0 Å². The zero-order valence-corrected chi connectivity index (χ0v) is 59.6. The lowest BCUT2D eigenvalue weighted by Gasteiger charge is -2.18. The maximum atomic E-state index is 2.38. The van der Waals surface area contributed by atoms with Crippen LogP contribution < -0.4 is 0 Å². The summed E-state index contributed by atoms with van der Waals surface area (Å²) in [7, 11) is 0. The molecule has 0 atom stereocenters. The second kappa shape index (κ2) is 28.5. The Labute approximate surface area is 630 Å². The Balaban J connectivity index is 0.000000147. The first kappa shape index (κ1) is 64.8. The topological polar surface area (TPSA) is 0 Å². The Morgan fingerprint density at radius 2 is 0.231 bits per heavy atom. The van der Waals surface area contributed by atoms with Crippen molar-refractivity contribution in [2.75, 3.05) is 0 Å². The maximum absolute atomic E-state index is 2.38. The van der Waals surface area contributed by atoms with Crippen molar-refractivity contribution in [3.63, 3.8) is 0 Å². The van der Waals surface area contributed by atoms with E-state index >= 15 is 0 Å². The molecule has 20 aromatic carbocycles. The average molecular weight is 1370 g/mol. The second-order valence-corrected chi connectivity index (χ2v) is 28.2. The quantitative estimate of drug-likeness (QED) is 0.107. The van der Waals surface area contributed by atoms with Gasteiger partial charge in [0.2, 0.25) is 0 Å². The van der Waals surface area contributed by atoms with Crippen LogP contribution in [0.1, 0.15) is 0 Å². The third-order valence-electron chi connectivity index (χ3n) is 21.7. The molecule has 20 rings (SSSR count). The molecule has 0 spiro atoms. The van der Waals surface area contributed by atoms with Crippen molar-refractivity contribution in [3.05, 3.63) is 437 Å². The highest BCUT2D eigenvalue weighted by molar-refractivity contribution is 6.23. The molecule has 0 unspecified atom stereocenters. The molecule has 0 fully saturated rings. The second-order valence-electron chi connectivity index (χ2n) is 28.2. The summed E-state index contributed by atoms with van der Waals surface area (Å²) in [5, 5.41) is 15.0. The van der Waals surface area contributed by atoms with Gasteiger partial charge in [-0.15, -0.1) is 0 Å². The lowest BCUT2D eigenvalue weighted by atomic mass is 9.85. The van der Waals surface area contributed by atoms with E-state index in [9.17, 15) is 0 Å². The van der Waals surface area contributed by atoms with Gasteiger partial charge in [0.1, 0.15) is 0 Å². The summed E-state index contributed by atoms with van der Waals surface area (Å²) in [5.41, 5.74) is 29.6. The van der Waals surface area contributed by atoms with E-state index in [4.69, 9.17) is 0 Å². The predicted molar refractivity (Wildman–Crippen MR) is 463 cm³/mol. The van der Waals surface area contributed by atoms with E-state index in [0.29, 0.717) is 0 Å². The molecule has 0 nitrogen and oxygen atoms in total. The SMILES string of the molecule is c1ccc(-c2ccc(-c3ccc(-c4ccc5ccc(-c6c7ccccc7c(-c7cccc(-c8ccccc8)c7)c7ccccc67)cc5c4)cc3)cc2)cc1.c1ccc(-c2cccc(-c3ccc(-c4ccc5ccc(-c6c7ccccc7c(-c7cccc(-c8ccccc8)c7)c7ccccc67)cc5c4)cc3)c2)cc1. The highest BCUT2D eigenvalue weighted by Crippen LogP contribution is 2.48. The third kappa shape index (κ3) is 12.6. The monoisotopic (exact) mass is 1370 g/mol. The van der Waals surface area contributed by atoms with E-state index in [1.807, 2.05) is 0 Å². The van der Waals surface area contributed by atoms with Crippen molar-refractivity contribution in [1.82, 2.24) is 0 Å². The van der Waals surface area contributed by atoms with Crippen molar-refractivity contribution in [2.24, 2.45) is 0 Å². The number of hydrogen-bond acceptors (Lipinski definition) is 0. The first-order valence-electron chi connectivity index (χ1n) is 37.3. The Bertz CT molecular complexity index is 6600. The summed E-state index contributed by atoms with van der Waals surface area (Å²) >= 11 is 0. The van der Waals surface area contributed by atoms with E-state index in [2.05, 4.69) is 437 Å². The molecule has 0 aromatic heterocycles. The van der Waals surface area contributed by atoms with Crippen LogP contribution >= 0.6 is 0 Å². The summed E-state index contributed by atoms with van der Waals surface area (Å²) in [6, 6.07) is 159. The van der Waals surface area contributed by atoms with Gasteiger partial charge in [0.25, 0.3) is 0 Å². The average Bonchev–Trinajstić information content (AvgIpc) is 0.737. The Hall–Kier alpha value is -14.0. The van der Waals surface area contributed by atoms with Crippen molar-refractivity contribution in [1.29, 1.82) is 0 Å². The van der Waals surface area contributed by atoms with Crippen LogP contribution in [-0.4, -0.2) is 0 Å². The molecule has 0 saturated carbocycles. The third-order valence-corrected chi connectivity index (χ3v) is 21.7. The fraction of sp³-hybridized carbons (Fsp3) is 0. The van der Waals surface area contributed by atoms with Gasteiger partial charge in [-0.2, -0.15) is 0 Å². The van der Waals surface area contributed by atoms with Crippen molar-refractivity contribution in [2.45, 2.75) is 0 Å². The first-order valence-corrected chi connectivity index (χ1v) is 37.3. The highest BCUT2D eigenvalue weighted by Gasteiger charge is 2.21. The minimum atomic E-state index is 1.21. The standard InChI is InChI=1S/2C54H36/c1-3-13-37(14-4-1)42-17-11-18-43(33-42)39-25-27-40(28-26-39)45-31-29-41-30-32-47(36-48(41)35-45)54-51-23-9-7-21-49(51)53(50-22-8-10-24-52(50)54)46-20-12-19-44(34-46)38-15-5-2-6-16-38;1-3-12-37(13-4-1)39-22-24-40(25-23-39)41-26-28-42(29-27-41)45-32-30-43-31-33-47(36-48(43)35-45)54-51-20-9-7-18-49(51)53(50-19-8-10-21-52(50)54)46-17-11-16-44(34-46)38-14-5-2-6-15-38/h2*1-36H. The van der Waals surface area contributed by atoms with E-state index < -0.39 is 0 Å². The Kier molecular flexibility index (Phi) is 17.1. The van der Waals surface area contributed by atoms with Crippen LogP contribution in [0, 0.1) is 0 Å². The maximum Gasteiger partial charge on any atom is -0.00262 e. The molecule has 0 aliphatic rings. The number of benzene rings is 20. The smallest absolute Gasteiger partial charge is 0.00262 e. The van der Waals surface area contributed by atoms with Gasteiger partial charge in [-0.25, -0.2) is 0 Å². The van der Waals surface area contributed by atoms with Crippen LogP contribution in [0.25, 0.3) is 198 Å². The Morgan fingerprint density at radius 1 is 0.0833 bits per heavy atom. The van der Waals surface area contributed by atoms with Gasteiger partial charge >= 0.3 is 0 Å². The van der Waals surface area contributed by atoms with E-state index in [1.54, 1.807) is 0 Å². The molecule has 0 amide bonds. The molecule has 0 heteroatoms. The summed E-state index contributed by atoms with van der Waals surface area (Å²) in [6.45, 7) is 0. The van der Waals surface area contributed by atoms with Gasteiger partial charge in [-0.3, -0.25) is 0 Å². The predicted octanol–water partition coefficient (Wildman–Crippen LogP) is 30.3. The zero-order chi connectivity index (χ0) is 71.7. The fourth-order valence-corrected chi connectivity index (χ4v) is 16.3. The van der Waals surface area contributed by atoms with Crippen molar-refractivity contribution in [3.8, 4) is 134 Å². The summed E-state index contributed by atoms with van der Waals surface area (Å²) < 4.78 is 0. The molecular weight excluding hydrogens is 1300 g/mol. The van der Waals surface area contributed by atoms with Crippen LogP contribution in [0.3, 0.4) is 0 Å². The molecule has 0 saturated heterocycles.